The number of carbonyl (C=O) groups excluding carboxylic acids is 1. The van der Waals surface area contributed by atoms with Crippen LogP contribution < -0.4 is 5.32 Å². The molecule has 0 aliphatic heterocycles. The normalized spacial score (nSPS) is 10.9. The number of amides is 1. The van der Waals surface area contributed by atoms with Crippen LogP contribution in [-0.4, -0.2) is 33.0 Å². The third-order valence-corrected chi connectivity index (χ3v) is 7.03. The largest absolute Gasteiger partial charge is 0.356 e. The molecule has 180 valence electrons. The van der Waals surface area contributed by atoms with E-state index >= 15 is 0 Å². The Balaban J connectivity index is 1.29. The summed E-state index contributed by atoms with van der Waals surface area (Å²) in [5.41, 5.74) is 3.19. The summed E-state index contributed by atoms with van der Waals surface area (Å²) in [6, 6.07) is 25.8. The molecule has 0 spiro atoms. The molecule has 0 atom stereocenters. The molecular weight excluding hydrogens is 499 g/mol. The average molecular weight is 526 g/mol. The van der Waals surface area contributed by atoms with Crippen molar-refractivity contribution >= 4 is 40.9 Å². The van der Waals surface area contributed by atoms with Gasteiger partial charge in [0.15, 0.2) is 5.16 Å². The number of rotatable bonds is 11. The van der Waals surface area contributed by atoms with Crippen LogP contribution in [0.1, 0.15) is 29.8 Å². The first-order chi connectivity index (χ1) is 17.1. The van der Waals surface area contributed by atoms with Crippen molar-refractivity contribution in [2.45, 2.75) is 30.8 Å². The number of carbonyl (C=O) groups is 1. The van der Waals surface area contributed by atoms with E-state index in [9.17, 15) is 4.79 Å². The number of nitrogens with zero attached hydrogens (tertiary/aromatic N) is 3. The Morgan fingerprint density at radius 3 is 2.43 bits per heavy atom. The number of benzene rings is 3. The molecule has 4 rings (SSSR count). The lowest BCUT2D eigenvalue weighted by molar-refractivity contribution is -0.121. The predicted octanol–water partition coefficient (Wildman–Crippen LogP) is 6.40. The first-order valence-corrected chi connectivity index (χ1v) is 13.2. The van der Waals surface area contributed by atoms with E-state index in [0.29, 0.717) is 35.9 Å². The molecule has 1 aromatic heterocycles. The fourth-order valence-electron chi connectivity index (χ4n) is 3.67. The Hall–Kier alpha value is -2.80. The van der Waals surface area contributed by atoms with E-state index in [1.165, 1.54) is 5.56 Å². The highest BCUT2D eigenvalue weighted by molar-refractivity contribution is 7.99. The van der Waals surface area contributed by atoms with Gasteiger partial charge in [-0.1, -0.05) is 89.6 Å². The molecule has 0 saturated heterocycles. The fraction of sp³-hybridized carbons (Fsp3) is 0.222. The molecule has 8 heteroatoms. The standard InChI is InChI=1S/C27H26Cl2N4OS/c28-22-14-13-21(24(29)19-22)15-16-30-26(34)12-7-17-35-27-32-31-25(18-20-8-3-1-4-9-20)33(27)23-10-5-2-6-11-23/h1-6,8-11,13-14,19H,7,12,15-18H2,(H,30,34). The minimum atomic E-state index is 0.0324. The summed E-state index contributed by atoms with van der Waals surface area (Å²) in [6.07, 6.45) is 2.57. The lowest BCUT2D eigenvalue weighted by atomic mass is 10.1. The second-order valence-electron chi connectivity index (χ2n) is 8.02. The summed E-state index contributed by atoms with van der Waals surface area (Å²) in [6.45, 7) is 0.540. The van der Waals surface area contributed by atoms with Crippen molar-refractivity contribution in [3.63, 3.8) is 0 Å². The minimum absolute atomic E-state index is 0.0324. The number of hydrogen-bond donors (Lipinski definition) is 1. The number of thioether (sulfide) groups is 1. The van der Waals surface area contributed by atoms with Crippen molar-refractivity contribution in [2.75, 3.05) is 12.3 Å². The zero-order valence-electron chi connectivity index (χ0n) is 19.2. The van der Waals surface area contributed by atoms with Crippen LogP contribution >= 0.6 is 35.0 Å². The van der Waals surface area contributed by atoms with Crippen LogP contribution in [0.2, 0.25) is 10.0 Å². The van der Waals surface area contributed by atoms with Gasteiger partial charge in [0.05, 0.1) is 0 Å². The molecule has 0 radical (unpaired) electrons. The number of hydrogen-bond acceptors (Lipinski definition) is 4. The smallest absolute Gasteiger partial charge is 0.220 e. The molecule has 1 amide bonds. The van der Waals surface area contributed by atoms with E-state index in [4.69, 9.17) is 23.2 Å². The third kappa shape index (κ3) is 7.34. The molecule has 4 aromatic rings. The Morgan fingerprint density at radius 2 is 1.69 bits per heavy atom. The highest BCUT2D eigenvalue weighted by Gasteiger charge is 2.15. The summed E-state index contributed by atoms with van der Waals surface area (Å²) in [4.78, 5) is 12.3. The van der Waals surface area contributed by atoms with Crippen LogP contribution in [0.5, 0.6) is 0 Å². The number of halogens is 2. The van der Waals surface area contributed by atoms with Gasteiger partial charge in [0.2, 0.25) is 5.91 Å². The van der Waals surface area contributed by atoms with Gasteiger partial charge in [-0.05, 0) is 48.2 Å². The van der Waals surface area contributed by atoms with Gasteiger partial charge < -0.3 is 5.32 Å². The van der Waals surface area contributed by atoms with E-state index < -0.39 is 0 Å². The molecule has 0 fully saturated rings. The minimum Gasteiger partial charge on any atom is -0.356 e. The van der Waals surface area contributed by atoms with Gasteiger partial charge >= 0.3 is 0 Å². The molecule has 1 N–H and O–H groups in total. The lowest BCUT2D eigenvalue weighted by Gasteiger charge is -2.10. The molecule has 1 heterocycles. The molecule has 35 heavy (non-hydrogen) atoms. The molecule has 0 aliphatic carbocycles. The third-order valence-electron chi connectivity index (χ3n) is 5.43. The van der Waals surface area contributed by atoms with Crippen LogP contribution in [0, 0.1) is 0 Å². The summed E-state index contributed by atoms with van der Waals surface area (Å²) in [5.74, 6) is 1.70. The van der Waals surface area contributed by atoms with Gasteiger partial charge in [-0.3, -0.25) is 9.36 Å². The summed E-state index contributed by atoms with van der Waals surface area (Å²) in [5, 5.41) is 14.0. The molecule has 0 unspecified atom stereocenters. The highest BCUT2D eigenvalue weighted by Crippen LogP contribution is 2.24. The summed E-state index contributed by atoms with van der Waals surface area (Å²) in [7, 11) is 0. The molecule has 0 bridgehead atoms. The lowest BCUT2D eigenvalue weighted by Crippen LogP contribution is -2.25. The second-order valence-corrected chi connectivity index (χ2v) is 9.93. The van der Waals surface area contributed by atoms with Gasteiger partial charge in [0, 0.05) is 40.9 Å². The molecule has 5 nitrogen and oxygen atoms in total. The Bertz CT molecular complexity index is 1250. The van der Waals surface area contributed by atoms with Crippen molar-refractivity contribution in [3.05, 3.63) is 106 Å². The van der Waals surface area contributed by atoms with E-state index in [2.05, 4.69) is 44.3 Å². The maximum absolute atomic E-state index is 12.3. The van der Waals surface area contributed by atoms with Crippen molar-refractivity contribution in [3.8, 4) is 5.69 Å². The second kappa shape index (κ2) is 12.8. The zero-order valence-corrected chi connectivity index (χ0v) is 21.5. The summed E-state index contributed by atoms with van der Waals surface area (Å²) < 4.78 is 2.10. The Morgan fingerprint density at radius 1 is 0.943 bits per heavy atom. The molecule has 0 saturated carbocycles. The van der Waals surface area contributed by atoms with Gasteiger partial charge in [0.25, 0.3) is 0 Å². The first kappa shape index (κ1) is 25.3. The maximum Gasteiger partial charge on any atom is 0.220 e. The highest BCUT2D eigenvalue weighted by atomic mass is 35.5. The van der Waals surface area contributed by atoms with Crippen molar-refractivity contribution < 1.29 is 4.79 Å². The van der Waals surface area contributed by atoms with E-state index in [-0.39, 0.29) is 5.91 Å². The fourth-order valence-corrected chi connectivity index (χ4v) is 5.08. The van der Waals surface area contributed by atoms with Crippen molar-refractivity contribution in [1.82, 2.24) is 20.1 Å². The monoisotopic (exact) mass is 524 g/mol. The van der Waals surface area contributed by atoms with Crippen LogP contribution in [-0.2, 0) is 17.6 Å². The first-order valence-electron chi connectivity index (χ1n) is 11.5. The SMILES string of the molecule is O=C(CCCSc1nnc(Cc2ccccc2)n1-c1ccccc1)NCCc1ccc(Cl)cc1Cl. The molecule has 3 aromatic carbocycles. The van der Waals surface area contributed by atoms with Gasteiger partial charge in [-0.15, -0.1) is 10.2 Å². The van der Waals surface area contributed by atoms with Crippen LogP contribution in [0.25, 0.3) is 5.69 Å². The predicted molar refractivity (Wildman–Crippen MR) is 144 cm³/mol. The molecule has 0 aliphatic rings. The van der Waals surface area contributed by atoms with Crippen LogP contribution in [0.3, 0.4) is 0 Å². The molecular formula is C27H26Cl2N4OS. The van der Waals surface area contributed by atoms with Crippen LogP contribution in [0.15, 0.2) is 84.0 Å². The van der Waals surface area contributed by atoms with Gasteiger partial charge in [-0.25, -0.2) is 0 Å². The van der Waals surface area contributed by atoms with Gasteiger partial charge in [0.1, 0.15) is 5.82 Å². The van der Waals surface area contributed by atoms with Crippen molar-refractivity contribution in [1.29, 1.82) is 0 Å². The average Bonchev–Trinajstić information content (AvgIpc) is 3.26. The Labute approximate surface area is 219 Å². The van der Waals surface area contributed by atoms with E-state index in [1.54, 1.807) is 23.9 Å². The van der Waals surface area contributed by atoms with E-state index in [1.807, 2.05) is 42.5 Å². The Kier molecular flexibility index (Phi) is 9.23. The van der Waals surface area contributed by atoms with Crippen molar-refractivity contribution in [2.24, 2.45) is 0 Å². The maximum atomic E-state index is 12.3. The summed E-state index contributed by atoms with van der Waals surface area (Å²) >= 11 is 13.7. The number of para-hydroxylation sites is 1. The number of nitrogens with one attached hydrogen (secondary N) is 1. The van der Waals surface area contributed by atoms with E-state index in [0.717, 1.165) is 34.4 Å². The quantitative estimate of drug-likeness (QED) is 0.182. The van der Waals surface area contributed by atoms with Gasteiger partial charge in [-0.2, -0.15) is 0 Å². The van der Waals surface area contributed by atoms with Crippen LogP contribution in [0.4, 0.5) is 0 Å². The zero-order chi connectivity index (χ0) is 24.5. The topological polar surface area (TPSA) is 59.8 Å². The number of aromatic nitrogens is 3.